The normalized spacial score (nSPS) is 11.4. The highest BCUT2D eigenvalue weighted by Gasteiger charge is 2.25. The number of carbonyl (C=O) groups is 2. The number of rotatable bonds is 8. The minimum atomic E-state index is -3.91. The van der Waals surface area contributed by atoms with Crippen molar-refractivity contribution in [2.24, 2.45) is 0 Å². The van der Waals surface area contributed by atoms with E-state index in [4.69, 9.17) is 0 Å². The van der Waals surface area contributed by atoms with Crippen molar-refractivity contribution in [3.8, 4) is 0 Å². The minimum Gasteiger partial charge on any atom is -0.342 e. The first kappa shape index (κ1) is 21.6. The van der Waals surface area contributed by atoms with Crippen molar-refractivity contribution in [2.45, 2.75) is 25.3 Å². The van der Waals surface area contributed by atoms with E-state index in [2.05, 4.69) is 5.32 Å². The van der Waals surface area contributed by atoms with Gasteiger partial charge < -0.3 is 14.8 Å². The van der Waals surface area contributed by atoms with Crippen molar-refractivity contribution in [1.82, 2.24) is 9.47 Å². The fourth-order valence-electron chi connectivity index (χ4n) is 3.38. The van der Waals surface area contributed by atoms with E-state index in [1.807, 2.05) is 13.8 Å². The molecule has 1 aromatic heterocycles. The zero-order valence-electron chi connectivity index (χ0n) is 17.0. The van der Waals surface area contributed by atoms with Gasteiger partial charge in [-0.2, -0.15) is 0 Å². The molecule has 30 heavy (non-hydrogen) atoms. The molecule has 0 radical (unpaired) electrons. The minimum absolute atomic E-state index is 0.0356. The monoisotopic (exact) mass is 427 g/mol. The summed E-state index contributed by atoms with van der Waals surface area (Å²) in [5.74, 6) is -1.39. The number of nitrogens with zero attached hydrogens (tertiary/aromatic N) is 2. The second-order valence-electron chi connectivity index (χ2n) is 6.88. The van der Waals surface area contributed by atoms with E-state index >= 15 is 0 Å². The summed E-state index contributed by atoms with van der Waals surface area (Å²) in [5, 5.41) is 3.10. The van der Waals surface area contributed by atoms with Crippen LogP contribution in [0.4, 0.5) is 5.69 Å². The standard InChI is InChI=1S/C22H25N3O4S/c1-3-24(4-2)22(27)15-25-14-20(18-12-8-9-13-19(18)25)30(28,29)16-21(26)23-17-10-6-5-7-11-17/h5-14H,3-4,15-16H2,1-2H3,(H,23,26). The van der Waals surface area contributed by atoms with Gasteiger partial charge in [0.2, 0.25) is 11.8 Å². The van der Waals surface area contributed by atoms with Crippen LogP contribution < -0.4 is 5.32 Å². The molecule has 0 bridgehead atoms. The van der Waals surface area contributed by atoms with Crippen LogP contribution in [0.2, 0.25) is 0 Å². The SMILES string of the molecule is CCN(CC)C(=O)Cn1cc(S(=O)(=O)CC(=O)Nc2ccccc2)c2ccccc21. The van der Waals surface area contributed by atoms with Gasteiger partial charge >= 0.3 is 0 Å². The number of carbonyl (C=O) groups excluding carboxylic acids is 2. The number of nitrogens with one attached hydrogen (secondary N) is 1. The summed E-state index contributed by atoms with van der Waals surface area (Å²) in [5.41, 5.74) is 1.17. The molecule has 158 valence electrons. The Balaban J connectivity index is 1.89. The van der Waals surface area contributed by atoms with Gasteiger partial charge in [0, 0.05) is 35.9 Å². The molecule has 0 aliphatic carbocycles. The number of aromatic nitrogens is 1. The molecule has 0 aliphatic rings. The molecule has 0 fully saturated rings. The molecule has 0 saturated heterocycles. The Morgan fingerprint density at radius 1 is 0.967 bits per heavy atom. The van der Waals surface area contributed by atoms with Gasteiger partial charge in [-0.25, -0.2) is 8.42 Å². The molecule has 7 nitrogen and oxygen atoms in total. The van der Waals surface area contributed by atoms with Crippen molar-refractivity contribution in [3.63, 3.8) is 0 Å². The Labute approximate surface area is 176 Å². The Bertz CT molecular complexity index is 1150. The van der Waals surface area contributed by atoms with Crippen molar-refractivity contribution < 1.29 is 18.0 Å². The summed E-state index contributed by atoms with van der Waals surface area (Å²) < 4.78 is 27.7. The largest absolute Gasteiger partial charge is 0.342 e. The smallest absolute Gasteiger partial charge is 0.242 e. The number of benzene rings is 2. The topological polar surface area (TPSA) is 88.5 Å². The highest BCUT2D eigenvalue weighted by molar-refractivity contribution is 7.92. The van der Waals surface area contributed by atoms with Crippen LogP contribution in [0.3, 0.4) is 0 Å². The highest BCUT2D eigenvalue weighted by Crippen LogP contribution is 2.26. The molecule has 2 amide bonds. The predicted octanol–water partition coefficient (Wildman–Crippen LogP) is 2.92. The summed E-state index contributed by atoms with van der Waals surface area (Å²) in [6, 6.07) is 15.7. The highest BCUT2D eigenvalue weighted by atomic mass is 32.2. The van der Waals surface area contributed by atoms with Crippen molar-refractivity contribution >= 4 is 38.2 Å². The maximum absolute atomic E-state index is 13.0. The van der Waals surface area contributed by atoms with Crippen molar-refractivity contribution in [1.29, 1.82) is 0 Å². The first-order chi connectivity index (χ1) is 14.4. The van der Waals surface area contributed by atoms with E-state index in [1.54, 1.807) is 64.1 Å². The molecule has 8 heteroatoms. The van der Waals surface area contributed by atoms with Crippen molar-refractivity contribution in [3.05, 3.63) is 60.8 Å². The number of hydrogen-bond acceptors (Lipinski definition) is 4. The lowest BCUT2D eigenvalue weighted by Gasteiger charge is -2.19. The molecule has 3 aromatic rings. The first-order valence-corrected chi connectivity index (χ1v) is 11.4. The fourth-order valence-corrected chi connectivity index (χ4v) is 4.75. The summed E-state index contributed by atoms with van der Waals surface area (Å²) >= 11 is 0. The lowest BCUT2D eigenvalue weighted by molar-refractivity contribution is -0.131. The fraction of sp³-hybridized carbons (Fsp3) is 0.273. The lowest BCUT2D eigenvalue weighted by Crippen LogP contribution is -2.33. The van der Waals surface area contributed by atoms with E-state index in [9.17, 15) is 18.0 Å². The van der Waals surface area contributed by atoms with E-state index in [1.165, 1.54) is 6.20 Å². The van der Waals surface area contributed by atoms with Crippen LogP contribution in [0.25, 0.3) is 10.9 Å². The number of hydrogen-bond donors (Lipinski definition) is 1. The number of para-hydroxylation sites is 2. The zero-order valence-corrected chi connectivity index (χ0v) is 17.9. The van der Waals surface area contributed by atoms with Gasteiger partial charge in [-0.05, 0) is 32.0 Å². The average molecular weight is 428 g/mol. The quantitative estimate of drug-likeness (QED) is 0.599. The third-order valence-corrected chi connectivity index (χ3v) is 6.53. The maximum Gasteiger partial charge on any atom is 0.242 e. The predicted molar refractivity (Wildman–Crippen MR) is 117 cm³/mol. The molecule has 1 N–H and O–H groups in total. The van der Waals surface area contributed by atoms with E-state index in [-0.39, 0.29) is 17.3 Å². The van der Waals surface area contributed by atoms with Gasteiger partial charge in [-0.3, -0.25) is 9.59 Å². The Hall–Kier alpha value is -3.13. The van der Waals surface area contributed by atoms with Crippen LogP contribution in [0.5, 0.6) is 0 Å². The summed E-state index contributed by atoms with van der Waals surface area (Å²) in [6.45, 7) is 5.00. The van der Waals surface area contributed by atoms with Gasteiger partial charge in [-0.15, -0.1) is 0 Å². The second-order valence-corrected chi connectivity index (χ2v) is 8.84. The lowest BCUT2D eigenvalue weighted by atomic mass is 10.2. The van der Waals surface area contributed by atoms with E-state index in [0.717, 1.165) is 0 Å². The molecular weight excluding hydrogens is 402 g/mol. The first-order valence-electron chi connectivity index (χ1n) is 9.79. The second kappa shape index (κ2) is 9.13. The molecule has 0 saturated carbocycles. The zero-order chi connectivity index (χ0) is 21.7. The van der Waals surface area contributed by atoms with Crippen LogP contribution in [0.15, 0.2) is 65.7 Å². The summed E-state index contributed by atoms with van der Waals surface area (Å²) in [4.78, 5) is 26.6. The average Bonchev–Trinajstić information content (AvgIpc) is 3.09. The number of amides is 2. The number of fused-ring (bicyclic) bond motifs is 1. The molecule has 1 heterocycles. The van der Waals surface area contributed by atoms with Gasteiger partial charge in [0.1, 0.15) is 12.3 Å². The van der Waals surface area contributed by atoms with Crippen LogP contribution in [-0.2, 0) is 26.0 Å². The van der Waals surface area contributed by atoms with Gasteiger partial charge in [-0.1, -0.05) is 36.4 Å². The summed E-state index contributed by atoms with van der Waals surface area (Å²) in [7, 11) is -3.91. The number of sulfone groups is 1. The maximum atomic E-state index is 13.0. The summed E-state index contributed by atoms with van der Waals surface area (Å²) in [6.07, 6.45) is 1.46. The van der Waals surface area contributed by atoms with Gasteiger partial charge in [0.15, 0.2) is 9.84 Å². The van der Waals surface area contributed by atoms with E-state index < -0.39 is 21.5 Å². The Kier molecular flexibility index (Phi) is 6.56. The Morgan fingerprint density at radius 2 is 1.60 bits per heavy atom. The molecule has 0 spiro atoms. The molecule has 2 aromatic carbocycles. The van der Waals surface area contributed by atoms with Gasteiger partial charge in [0.05, 0.1) is 4.90 Å². The molecule has 0 unspecified atom stereocenters. The molecular formula is C22H25N3O4S. The molecule has 0 aliphatic heterocycles. The van der Waals surface area contributed by atoms with Crippen molar-refractivity contribution in [2.75, 3.05) is 24.2 Å². The van der Waals surface area contributed by atoms with E-state index in [0.29, 0.717) is 29.7 Å². The van der Waals surface area contributed by atoms with Crippen LogP contribution in [-0.4, -0.2) is 48.5 Å². The Morgan fingerprint density at radius 3 is 2.27 bits per heavy atom. The van der Waals surface area contributed by atoms with Crippen LogP contribution >= 0.6 is 0 Å². The molecule has 0 atom stereocenters. The number of likely N-dealkylation sites (N-methyl/N-ethyl adjacent to an activating group) is 1. The third-order valence-electron chi connectivity index (χ3n) is 4.89. The molecule has 3 rings (SSSR count). The van der Waals surface area contributed by atoms with Crippen LogP contribution in [0, 0.1) is 0 Å². The van der Waals surface area contributed by atoms with Crippen LogP contribution in [0.1, 0.15) is 13.8 Å². The third kappa shape index (κ3) is 4.71. The van der Waals surface area contributed by atoms with Gasteiger partial charge in [0.25, 0.3) is 0 Å². The number of anilines is 1.